The van der Waals surface area contributed by atoms with Gasteiger partial charge in [0.15, 0.2) is 0 Å². The lowest BCUT2D eigenvalue weighted by molar-refractivity contribution is -0.137. The highest BCUT2D eigenvalue weighted by Crippen LogP contribution is 2.33. The Balaban J connectivity index is 1.90. The Morgan fingerprint density at radius 3 is 2.57 bits per heavy atom. The van der Waals surface area contributed by atoms with E-state index in [1.54, 1.807) is 0 Å². The van der Waals surface area contributed by atoms with E-state index in [1.165, 1.54) is 30.3 Å². The van der Waals surface area contributed by atoms with E-state index in [4.69, 9.17) is 4.42 Å². The van der Waals surface area contributed by atoms with Crippen molar-refractivity contribution in [2.24, 2.45) is 0 Å². The van der Waals surface area contributed by atoms with Crippen molar-refractivity contribution < 1.29 is 27.2 Å². The Labute approximate surface area is 132 Å². The fraction of sp³-hybridized carbons (Fsp3) is 0.0667. The normalized spacial score (nSPS) is 16.9. The van der Waals surface area contributed by atoms with Gasteiger partial charge >= 0.3 is 6.18 Å². The third-order valence-corrected chi connectivity index (χ3v) is 3.83. The fourth-order valence-corrected chi connectivity index (χ4v) is 2.65. The molecule has 1 aliphatic heterocycles. The van der Waals surface area contributed by atoms with Gasteiger partial charge in [0, 0.05) is 11.6 Å². The Hall–Kier alpha value is -2.48. The van der Waals surface area contributed by atoms with Gasteiger partial charge < -0.3 is 4.42 Å². The van der Waals surface area contributed by atoms with Crippen molar-refractivity contribution in [1.29, 1.82) is 0 Å². The average molecular weight is 339 g/mol. The summed E-state index contributed by atoms with van der Waals surface area (Å²) in [6.45, 7) is 0. The summed E-state index contributed by atoms with van der Waals surface area (Å²) in [5.74, 6) is -0.0283. The number of carbonyl (C=O) groups excluding carboxylic acids is 2. The zero-order valence-electron chi connectivity index (χ0n) is 11.3. The Morgan fingerprint density at radius 2 is 1.91 bits per heavy atom. The lowest BCUT2D eigenvalue weighted by atomic mass is 10.1. The van der Waals surface area contributed by atoms with Crippen molar-refractivity contribution in [2.45, 2.75) is 6.18 Å². The van der Waals surface area contributed by atoms with Crippen molar-refractivity contribution in [3.05, 3.63) is 52.6 Å². The van der Waals surface area contributed by atoms with Crippen molar-refractivity contribution in [2.75, 3.05) is 0 Å². The molecule has 3 rings (SSSR count). The summed E-state index contributed by atoms with van der Waals surface area (Å²) in [7, 11) is 0. The lowest BCUT2D eigenvalue weighted by Gasteiger charge is -2.07. The van der Waals surface area contributed by atoms with E-state index in [9.17, 15) is 22.8 Å². The summed E-state index contributed by atoms with van der Waals surface area (Å²) in [4.78, 5) is 22.7. The summed E-state index contributed by atoms with van der Waals surface area (Å²) in [5.41, 5.74) is -0.508. The van der Waals surface area contributed by atoms with Gasteiger partial charge in [-0.05, 0) is 36.0 Å². The Bertz CT molecular complexity index is 823. The molecule has 1 aromatic heterocycles. The molecule has 0 spiro atoms. The molecule has 0 unspecified atom stereocenters. The van der Waals surface area contributed by atoms with Crippen LogP contribution in [0.5, 0.6) is 0 Å². The lowest BCUT2D eigenvalue weighted by Crippen LogP contribution is -2.17. The maximum atomic E-state index is 12.7. The molecule has 2 amide bonds. The first kappa shape index (κ1) is 15.4. The number of alkyl halides is 3. The number of nitrogens with one attached hydrogen (secondary N) is 1. The van der Waals surface area contributed by atoms with Crippen LogP contribution in [0, 0.1) is 0 Å². The third-order valence-electron chi connectivity index (χ3n) is 3.02. The second-order valence-corrected chi connectivity index (χ2v) is 5.65. The number of thioether (sulfide) groups is 1. The summed E-state index contributed by atoms with van der Waals surface area (Å²) < 4.78 is 43.6. The van der Waals surface area contributed by atoms with E-state index in [1.807, 2.05) is 0 Å². The van der Waals surface area contributed by atoms with Gasteiger partial charge in [-0.3, -0.25) is 14.9 Å². The molecular weight excluding hydrogens is 331 g/mol. The number of benzene rings is 1. The van der Waals surface area contributed by atoms with Crippen LogP contribution in [0.15, 0.2) is 45.7 Å². The van der Waals surface area contributed by atoms with Crippen molar-refractivity contribution in [3.8, 4) is 11.3 Å². The molecule has 1 aromatic carbocycles. The largest absolute Gasteiger partial charge is 0.457 e. The quantitative estimate of drug-likeness (QED) is 0.829. The number of amides is 2. The number of rotatable bonds is 2. The van der Waals surface area contributed by atoms with E-state index in [-0.39, 0.29) is 22.0 Å². The molecule has 2 aromatic rings. The molecule has 1 saturated heterocycles. The number of imide groups is 1. The second-order valence-electron chi connectivity index (χ2n) is 4.63. The monoisotopic (exact) mass is 339 g/mol. The smallest absolute Gasteiger partial charge is 0.416 e. The Kier molecular flexibility index (Phi) is 3.77. The first-order chi connectivity index (χ1) is 10.8. The predicted octanol–water partition coefficient (Wildman–Crippen LogP) is 4.29. The van der Waals surface area contributed by atoms with E-state index in [0.29, 0.717) is 0 Å². The average Bonchev–Trinajstić information content (AvgIpc) is 3.06. The van der Waals surface area contributed by atoms with Crippen LogP contribution in [0.3, 0.4) is 0 Å². The van der Waals surface area contributed by atoms with E-state index < -0.39 is 22.9 Å². The minimum atomic E-state index is -4.44. The zero-order valence-corrected chi connectivity index (χ0v) is 12.1. The minimum absolute atomic E-state index is 0.167. The number of halogens is 3. The molecule has 118 valence electrons. The molecule has 1 aliphatic rings. The zero-order chi connectivity index (χ0) is 16.6. The molecule has 0 atom stereocenters. The SMILES string of the molecule is O=C1NC(=O)C(=Cc2ccc(-c3cccc(C(F)(F)F)c3)o2)S1. The highest BCUT2D eigenvalue weighted by Gasteiger charge is 2.30. The van der Waals surface area contributed by atoms with E-state index in [0.717, 1.165) is 23.9 Å². The topological polar surface area (TPSA) is 59.3 Å². The summed E-state index contributed by atoms with van der Waals surface area (Å²) in [6.07, 6.45) is -3.08. The van der Waals surface area contributed by atoms with Gasteiger partial charge in [-0.25, -0.2) is 0 Å². The van der Waals surface area contributed by atoms with Crippen molar-refractivity contribution >= 4 is 29.0 Å². The van der Waals surface area contributed by atoms with Crippen molar-refractivity contribution in [3.63, 3.8) is 0 Å². The van der Waals surface area contributed by atoms with Crippen LogP contribution in [0.2, 0.25) is 0 Å². The van der Waals surface area contributed by atoms with Gasteiger partial charge in [-0.1, -0.05) is 12.1 Å². The summed E-state index contributed by atoms with van der Waals surface area (Å²) in [5, 5.41) is 1.62. The maximum Gasteiger partial charge on any atom is 0.416 e. The highest BCUT2D eigenvalue weighted by atomic mass is 32.2. The van der Waals surface area contributed by atoms with Gasteiger partial charge in [-0.15, -0.1) is 0 Å². The van der Waals surface area contributed by atoms with Crippen LogP contribution < -0.4 is 5.32 Å². The van der Waals surface area contributed by atoms with E-state index in [2.05, 4.69) is 5.32 Å². The number of carbonyl (C=O) groups is 2. The van der Waals surface area contributed by atoms with Crippen LogP contribution in [0.4, 0.5) is 18.0 Å². The second kappa shape index (κ2) is 5.62. The molecule has 4 nitrogen and oxygen atoms in total. The number of furan rings is 1. The standard InChI is InChI=1S/C15H8F3NO3S/c16-15(17,18)9-3-1-2-8(6-9)11-5-4-10(22-11)7-12-13(20)19-14(21)23-12/h1-7H,(H,19,20,21). The number of hydrogen-bond acceptors (Lipinski definition) is 4. The van der Waals surface area contributed by atoms with Crippen LogP contribution in [0.1, 0.15) is 11.3 Å². The first-order valence-corrected chi connectivity index (χ1v) is 7.17. The highest BCUT2D eigenvalue weighted by molar-refractivity contribution is 8.18. The van der Waals surface area contributed by atoms with Gasteiger partial charge in [0.05, 0.1) is 10.5 Å². The molecule has 0 radical (unpaired) electrons. The first-order valence-electron chi connectivity index (χ1n) is 6.35. The van der Waals surface area contributed by atoms with Gasteiger partial charge in [0.25, 0.3) is 11.1 Å². The predicted molar refractivity (Wildman–Crippen MR) is 78.3 cm³/mol. The maximum absolute atomic E-state index is 12.7. The van der Waals surface area contributed by atoms with Crippen LogP contribution in [0.25, 0.3) is 17.4 Å². The molecule has 0 saturated carbocycles. The van der Waals surface area contributed by atoms with Gasteiger partial charge in [-0.2, -0.15) is 13.2 Å². The van der Waals surface area contributed by atoms with Gasteiger partial charge in [0.1, 0.15) is 11.5 Å². The molecule has 0 aliphatic carbocycles. The fourth-order valence-electron chi connectivity index (χ4n) is 1.98. The molecule has 2 heterocycles. The molecule has 1 N–H and O–H groups in total. The molecule has 23 heavy (non-hydrogen) atoms. The molecule has 1 fully saturated rings. The molecule has 8 heteroatoms. The third kappa shape index (κ3) is 3.31. The minimum Gasteiger partial charge on any atom is -0.457 e. The van der Waals surface area contributed by atoms with E-state index >= 15 is 0 Å². The molecular formula is C15H8F3NO3S. The van der Waals surface area contributed by atoms with Crippen LogP contribution in [-0.2, 0) is 11.0 Å². The molecule has 0 bridgehead atoms. The number of hydrogen-bond donors (Lipinski definition) is 1. The van der Waals surface area contributed by atoms with Crippen LogP contribution >= 0.6 is 11.8 Å². The van der Waals surface area contributed by atoms with Crippen molar-refractivity contribution in [1.82, 2.24) is 5.32 Å². The van der Waals surface area contributed by atoms with Gasteiger partial charge in [0.2, 0.25) is 0 Å². The van der Waals surface area contributed by atoms with Crippen LogP contribution in [-0.4, -0.2) is 11.1 Å². The summed E-state index contributed by atoms with van der Waals surface area (Å²) in [6, 6.07) is 7.75. The Morgan fingerprint density at radius 1 is 1.13 bits per heavy atom. The summed E-state index contributed by atoms with van der Waals surface area (Å²) >= 11 is 0.732.